The Hall–Kier alpha value is -2.87. The predicted octanol–water partition coefficient (Wildman–Crippen LogP) is 6.64. The summed E-state index contributed by atoms with van der Waals surface area (Å²) in [6, 6.07) is 19.9. The predicted molar refractivity (Wildman–Crippen MR) is 123 cm³/mol. The van der Waals surface area contributed by atoms with Gasteiger partial charge in [0.1, 0.15) is 0 Å². The molecular formula is C26H30N2. The Balaban J connectivity index is 1.91. The molecule has 0 aliphatic rings. The smallest absolute Gasteiger partial charge is 0.0400 e. The lowest BCUT2D eigenvalue weighted by Crippen LogP contribution is -2.01. The van der Waals surface area contributed by atoms with E-state index in [-0.39, 0.29) is 0 Å². The standard InChI is InChI=1S/C26H30N2/c1-6-27-17-23-14-18(2)7-10-25(23)26-15-24(9-8-21(26)5)28-16-22-12-19(3)11-20(4)13-22/h7-15,17,28H,6,16H2,1-5H3/b27-17+. The van der Waals surface area contributed by atoms with Gasteiger partial charge < -0.3 is 5.32 Å². The van der Waals surface area contributed by atoms with Gasteiger partial charge >= 0.3 is 0 Å². The van der Waals surface area contributed by atoms with E-state index in [0.29, 0.717) is 0 Å². The number of anilines is 1. The van der Waals surface area contributed by atoms with Crippen LogP contribution < -0.4 is 5.32 Å². The summed E-state index contributed by atoms with van der Waals surface area (Å²) in [5, 5.41) is 3.59. The lowest BCUT2D eigenvalue weighted by Gasteiger charge is -2.14. The van der Waals surface area contributed by atoms with E-state index in [1.54, 1.807) is 0 Å². The second-order valence-electron chi connectivity index (χ2n) is 7.60. The van der Waals surface area contributed by atoms with E-state index < -0.39 is 0 Å². The van der Waals surface area contributed by atoms with Gasteiger partial charge in [-0.1, -0.05) is 53.1 Å². The molecule has 0 amide bonds. The van der Waals surface area contributed by atoms with Crippen molar-refractivity contribution in [3.63, 3.8) is 0 Å². The molecule has 0 aliphatic heterocycles. The highest BCUT2D eigenvalue weighted by Gasteiger charge is 2.08. The molecule has 0 bridgehead atoms. The fourth-order valence-electron chi connectivity index (χ4n) is 3.62. The molecule has 0 heterocycles. The van der Waals surface area contributed by atoms with Crippen LogP contribution >= 0.6 is 0 Å². The first-order valence-electron chi connectivity index (χ1n) is 9.99. The highest BCUT2D eigenvalue weighted by Crippen LogP contribution is 2.30. The third-order valence-corrected chi connectivity index (χ3v) is 4.93. The first-order chi connectivity index (χ1) is 13.5. The molecule has 0 unspecified atom stereocenters. The van der Waals surface area contributed by atoms with Gasteiger partial charge in [0.2, 0.25) is 0 Å². The minimum atomic E-state index is 0.796. The number of aliphatic imine (C=N–C) groups is 1. The molecule has 1 N–H and O–H groups in total. The second kappa shape index (κ2) is 8.88. The quantitative estimate of drug-likeness (QED) is 0.483. The molecule has 3 rings (SSSR count). The molecule has 0 radical (unpaired) electrons. The van der Waals surface area contributed by atoms with E-state index in [1.807, 2.05) is 6.21 Å². The Kier molecular flexibility index (Phi) is 6.30. The number of hydrogen-bond donors (Lipinski definition) is 1. The molecule has 3 aromatic carbocycles. The first-order valence-corrected chi connectivity index (χ1v) is 9.99. The minimum absolute atomic E-state index is 0.796. The summed E-state index contributed by atoms with van der Waals surface area (Å²) >= 11 is 0. The highest BCUT2D eigenvalue weighted by atomic mass is 14.9. The Morgan fingerprint density at radius 2 is 1.54 bits per heavy atom. The van der Waals surface area contributed by atoms with Gasteiger partial charge in [-0.15, -0.1) is 0 Å². The van der Waals surface area contributed by atoms with Gasteiger partial charge in [-0.3, -0.25) is 4.99 Å². The van der Waals surface area contributed by atoms with Crippen molar-refractivity contribution >= 4 is 11.9 Å². The van der Waals surface area contributed by atoms with Crippen molar-refractivity contribution in [3.05, 3.63) is 88.0 Å². The Labute approximate surface area is 169 Å². The van der Waals surface area contributed by atoms with Crippen LogP contribution in [0.3, 0.4) is 0 Å². The highest BCUT2D eigenvalue weighted by molar-refractivity contribution is 5.92. The molecule has 2 nitrogen and oxygen atoms in total. The van der Waals surface area contributed by atoms with Crippen LogP contribution in [0, 0.1) is 27.7 Å². The maximum atomic E-state index is 4.47. The zero-order chi connectivity index (χ0) is 20.1. The lowest BCUT2D eigenvalue weighted by molar-refractivity contribution is 1.13. The number of aryl methyl sites for hydroxylation is 4. The van der Waals surface area contributed by atoms with Gasteiger partial charge in [-0.05, 0) is 75.1 Å². The van der Waals surface area contributed by atoms with E-state index in [4.69, 9.17) is 0 Å². The van der Waals surface area contributed by atoms with E-state index in [9.17, 15) is 0 Å². The molecule has 0 spiro atoms. The van der Waals surface area contributed by atoms with Crippen molar-refractivity contribution in [1.82, 2.24) is 0 Å². The zero-order valence-electron chi connectivity index (χ0n) is 17.6. The summed E-state index contributed by atoms with van der Waals surface area (Å²) in [5.74, 6) is 0. The van der Waals surface area contributed by atoms with Crippen molar-refractivity contribution in [2.45, 2.75) is 41.2 Å². The average molecular weight is 371 g/mol. The Morgan fingerprint density at radius 3 is 2.25 bits per heavy atom. The SMILES string of the molecule is CC/N=C/c1cc(C)ccc1-c1cc(NCc2cc(C)cc(C)c2)ccc1C. The first kappa shape index (κ1) is 19.9. The molecule has 0 atom stereocenters. The van der Waals surface area contributed by atoms with Gasteiger partial charge in [-0.25, -0.2) is 0 Å². The average Bonchev–Trinajstić information content (AvgIpc) is 2.65. The fourth-order valence-corrected chi connectivity index (χ4v) is 3.62. The van der Waals surface area contributed by atoms with Crippen LogP contribution in [-0.2, 0) is 6.54 Å². The van der Waals surface area contributed by atoms with Gasteiger partial charge in [0.15, 0.2) is 0 Å². The second-order valence-corrected chi connectivity index (χ2v) is 7.60. The number of benzene rings is 3. The fraction of sp³-hybridized carbons (Fsp3) is 0.269. The van der Waals surface area contributed by atoms with Crippen molar-refractivity contribution in [1.29, 1.82) is 0 Å². The van der Waals surface area contributed by atoms with Gasteiger partial charge in [0.25, 0.3) is 0 Å². The van der Waals surface area contributed by atoms with Crippen LogP contribution in [0.1, 0.15) is 40.3 Å². The molecule has 3 aromatic rings. The summed E-state index contributed by atoms with van der Waals surface area (Å²) in [4.78, 5) is 4.47. The van der Waals surface area contributed by atoms with Crippen LogP contribution in [0.5, 0.6) is 0 Å². The molecule has 0 aromatic heterocycles. The normalized spacial score (nSPS) is 11.2. The number of nitrogens with one attached hydrogen (secondary N) is 1. The van der Waals surface area contributed by atoms with Crippen LogP contribution in [0.4, 0.5) is 5.69 Å². The van der Waals surface area contributed by atoms with Crippen LogP contribution in [0.25, 0.3) is 11.1 Å². The third kappa shape index (κ3) is 4.89. The molecule has 28 heavy (non-hydrogen) atoms. The molecule has 0 fully saturated rings. The summed E-state index contributed by atoms with van der Waals surface area (Å²) in [7, 11) is 0. The van der Waals surface area contributed by atoms with E-state index in [0.717, 1.165) is 18.8 Å². The Bertz CT molecular complexity index is 979. The van der Waals surface area contributed by atoms with E-state index in [2.05, 4.69) is 99.5 Å². The maximum absolute atomic E-state index is 4.47. The Morgan fingerprint density at radius 1 is 0.786 bits per heavy atom. The lowest BCUT2D eigenvalue weighted by atomic mass is 9.94. The van der Waals surface area contributed by atoms with Crippen molar-refractivity contribution in [2.75, 3.05) is 11.9 Å². The minimum Gasteiger partial charge on any atom is -0.381 e. The summed E-state index contributed by atoms with van der Waals surface area (Å²) in [6.07, 6.45) is 2.00. The zero-order valence-corrected chi connectivity index (χ0v) is 17.6. The van der Waals surface area contributed by atoms with Crippen LogP contribution in [0.15, 0.2) is 59.6 Å². The van der Waals surface area contributed by atoms with Gasteiger partial charge in [0, 0.05) is 30.6 Å². The van der Waals surface area contributed by atoms with Crippen molar-refractivity contribution < 1.29 is 0 Å². The number of nitrogens with zero attached hydrogens (tertiary/aromatic N) is 1. The third-order valence-electron chi connectivity index (χ3n) is 4.93. The monoisotopic (exact) mass is 370 g/mol. The molecule has 144 valence electrons. The topological polar surface area (TPSA) is 24.4 Å². The molecule has 0 saturated carbocycles. The maximum Gasteiger partial charge on any atom is 0.0400 e. The van der Waals surface area contributed by atoms with Crippen LogP contribution in [0.2, 0.25) is 0 Å². The molecule has 0 aliphatic carbocycles. The number of hydrogen-bond acceptors (Lipinski definition) is 2. The largest absolute Gasteiger partial charge is 0.381 e. The van der Waals surface area contributed by atoms with Gasteiger partial charge in [0.05, 0.1) is 0 Å². The summed E-state index contributed by atoms with van der Waals surface area (Å²) in [6.45, 7) is 12.3. The van der Waals surface area contributed by atoms with Crippen LogP contribution in [-0.4, -0.2) is 12.8 Å². The molecule has 0 saturated heterocycles. The van der Waals surface area contributed by atoms with E-state index >= 15 is 0 Å². The van der Waals surface area contributed by atoms with E-state index in [1.165, 1.54) is 44.5 Å². The van der Waals surface area contributed by atoms with Crippen molar-refractivity contribution in [3.8, 4) is 11.1 Å². The van der Waals surface area contributed by atoms with Gasteiger partial charge in [-0.2, -0.15) is 0 Å². The number of rotatable bonds is 6. The molecule has 2 heteroatoms. The molecular weight excluding hydrogens is 340 g/mol. The van der Waals surface area contributed by atoms with Crippen molar-refractivity contribution in [2.24, 2.45) is 4.99 Å². The summed E-state index contributed by atoms with van der Waals surface area (Å²) < 4.78 is 0. The summed E-state index contributed by atoms with van der Waals surface area (Å²) in [5.41, 5.74) is 11.2.